The number of anilines is 1. The Balaban J connectivity index is 2.58. The molecule has 0 bridgehead atoms. The standard InChI is InChI=1S/C11H14BrIN2OS/c1-17-5-4-10(14)11(16)15-7-2-3-9(13)8(12)6-7/h2-3,6,10H,4-5,14H2,1H3,(H,15,16)/t10-/m0/s1. The summed E-state index contributed by atoms with van der Waals surface area (Å²) in [5, 5.41) is 2.81. The van der Waals surface area contributed by atoms with Crippen molar-refractivity contribution in [1.29, 1.82) is 0 Å². The summed E-state index contributed by atoms with van der Waals surface area (Å²) >= 11 is 7.33. The molecule has 1 rings (SSSR count). The number of amides is 1. The molecule has 3 nitrogen and oxygen atoms in total. The van der Waals surface area contributed by atoms with E-state index >= 15 is 0 Å². The average molecular weight is 429 g/mol. The molecular weight excluding hydrogens is 415 g/mol. The molecule has 1 aromatic carbocycles. The molecule has 17 heavy (non-hydrogen) atoms. The van der Waals surface area contributed by atoms with E-state index in [-0.39, 0.29) is 5.91 Å². The summed E-state index contributed by atoms with van der Waals surface area (Å²) in [6.45, 7) is 0. The van der Waals surface area contributed by atoms with Gasteiger partial charge in [0, 0.05) is 13.7 Å². The number of hydrogen-bond acceptors (Lipinski definition) is 3. The van der Waals surface area contributed by atoms with E-state index in [0.717, 1.165) is 19.5 Å². The number of halogens is 2. The molecule has 0 fully saturated rings. The Labute approximate surface area is 128 Å². The fourth-order valence-electron chi connectivity index (χ4n) is 1.18. The molecule has 0 saturated heterocycles. The quantitative estimate of drug-likeness (QED) is 0.708. The highest BCUT2D eigenvalue weighted by Crippen LogP contribution is 2.22. The monoisotopic (exact) mass is 428 g/mol. The Kier molecular flexibility index (Phi) is 6.83. The normalized spacial score (nSPS) is 12.2. The Hall–Kier alpha value is 0.210. The predicted molar refractivity (Wildman–Crippen MR) is 86.5 cm³/mol. The maximum atomic E-state index is 11.8. The van der Waals surface area contributed by atoms with Crippen LogP contribution < -0.4 is 11.1 Å². The van der Waals surface area contributed by atoms with Gasteiger partial charge in [0.25, 0.3) is 0 Å². The number of carbonyl (C=O) groups is 1. The zero-order valence-corrected chi connectivity index (χ0v) is 13.9. The van der Waals surface area contributed by atoms with Gasteiger partial charge in [0.15, 0.2) is 0 Å². The molecule has 0 aromatic heterocycles. The highest BCUT2D eigenvalue weighted by Gasteiger charge is 2.13. The van der Waals surface area contributed by atoms with Gasteiger partial charge < -0.3 is 11.1 Å². The molecule has 0 spiro atoms. The van der Waals surface area contributed by atoms with Gasteiger partial charge in [0.05, 0.1) is 6.04 Å². The lowest BCUT2D eigenvalue weighted by molar-refractivity contribution is -0.117. The van der Waals surface area contributed by atoms with Crippen molar-refractivity contribution in [3.8, 4) is 0 Å². The van der Waals surface area contributed by atoms with Crippen LogP contribution in [0.25, 0.3) is 0 Å². The van der Waals surface area contributed by atoms with E-state index in [9.17, 15) is 4.79 Å². The van der Waals surface area contributed by atoms with Gasteiger partial charge in [-0.2, -0.15) is 11.8 Å². The second kappa shape index (κ2) is 7.60. The third kappa shape index (κ3) is 5.15. The first kappa shape index (κ1) is 15.3. The van der Waals surface area contributed by atoms with Crippen LogP contribution in [0.1, 0.15) is 6.42 Å². The van der Waals surface area contributed by atoms with Crippen LogP contribution in [0.2, 0.25) is 0 Å². The first-order valence-corrected chi connectivity index (χ1v) is 8.31. The molecule has 0 unspecified atom stereocenters. The van der Waals surface area contributed by atoms with E-state index in [2.05, 4.69) is 43.8 Å². The number of nitrogens with two attached hydrogens (primary N) is 1. The second-order valence-electron chi connectivity index (χ2n) is 3.51. The van der Waals surface area contributed by atoms with Gasteiger partial charge in [-0.05, 0) is 75.1 Å². The second-order valence-corrected chi connectivity index (χ2v) is 6.51. The molecule has 1 atom stereocenters. The Morgan fingerprint density at radius 1 is 1.65 bits per heavy atom. The van der Waals surface area contributed by atoms with Crippen molar-refractivity contribution in [1.82, 2.24) is 0 Å². The molecule has 1 aromatic rings. The van der Waals surface area contributed by atoms with Crippen LogP contribution >= 0.6 is 50.3 Å². The summed E-state index contributed by atoms with van der Waals surface area (Å²) in [7, 11) is 0. The first-order chi connectivity index (χ1) is 8.04. The zero-order valence-electron chi connectivity index (χ0n) is 9.37. The molecular formula is C11H14BrIN2OS. The van der Waals surface area contributed by atoms with Crippen molar-refractivity contribution in [2.45, 2.75) is 12.5 Å². The molecule has 6 heteroatoms. The van der Waals surface area contributed by atoms with Crippen LogP contribution in [-0.2, 0) is 4.79 Å². The van der Waals surface area contributed by atoms with Crippen LogP contribution in [0.15, 0.2) is 22.7 Å². The number of rotatable bonds is 5. The first-order valence-electron chi connectivity index (χ1n) is 5.05. The van der Waals surface area contributed by atoms with E-state index < -0.39 is 6.04 Å². The van der Waals surface area contributed by atoms with Gasteiger partial charge >= 0.3 is 0 Å². The van der Waals surface area contributed by atoms with Crippen LogP contribution in [0.5, 0.6) is 0 Å². The molecule has 0 radical (unpaired) electrons. The molecule has 0 saturated carbocycles. The number of carbonyl (C=O) groups excluding carboxylic acids is 1. The van der Waals surface area contributed by atoms with Crippen molar-refractivity contribution >= 4 is 61.9 Å². The van der Waals surface area contributed by atoms with Gasteiger partial charge in [-0.15, -0.1) is 0 Å². The van der Waals surface area contributed by atoms with Crippen molar-refractivity contribution in [3.05, 3.63) is 26.2 Å². The third-order valence-corrected chi connectivity index (χ3v) is 5.14. The predicted octanol–water partition coefficient (Wildman–Crippen LogP) is 3.07. The number of benzene rings is 1. The number of hydrogen-bond donors (Lipinski definition) is 2. The SMILES string of the molecule is CSCC[C@H](N)C(=O)Nc1ccc(I)c(Br)c1. The van der Waals surface area contributed by atoms with Gasteiger partial charge in [-0.3, -0.25) is 4.79 Å². The van der Waals surface area contributed by atoms with Crippen molar-refractivity contribution in [2.24, 2.45) is 5.73 Å². The van der Waals surface area contributed by atoms with Gasteiger partial charge in [-0.25, -0.2) is 0 Å². The van der Waals surface area contributed by atoms with Crippen molar-refractivity contribution in [3.63, 3.8) is 0 Å². The Morgan fingerprint density at radius 3 is 2.94 bits per heavy atom. The maximum absolute atomic E-state index is 11.8. The van der Waals surface area contributed by atoms with E-state index in [4.69, 9.17) is 5.73 Å². The maximum Gasteiger partial charge on any atom is 0.241 e. The molecule has 0 aliphatic rings. The largest absolute Gasteiger partial charge is 0.325 e. The van der Waals surface area contributed by atoms with Gasteiger partial charge in [0.1, 0.15) is 0 Å². The minimum Gasteiger partial charge on any atom is -0.325 e. The van der Waals surface area contributed by atoms with Crippen LogP contribution in [0.3, 0.4) is 0 Å². The van der Waals surface area contributed by atoms with Gasteiger partial charge in [-0.1, -0.05) is 0 Å². The topological polar surface area (TPSA) is 55.1 Å². The lowest BCUT2D eigenvalue weighted by Gasteiger charge is -2.12. The summed E-state index contributed by atoms with van der Waals surface area (Å²) in [5.74, 6) is 0.762. The summed E-state index contributed by atoms with van der Waals surface area (Å²) in [6, 6.07) is 5.24. The Bertz CT molecular complexity index is 403. The minimum absolute atomic E-state index is 0.132. The highest BCUT2D eigenvalue weighted by atomic mass is 127. The molecule has 94 valence electrons. The summed E-state index contributed by atoms with van der Waals surface area (Å²) < 4.78 is 2.07. The highest BCUT2D eigenvalue weighted by molar-refractivity contribution is 14.1. The van der Waals surface area contributed by atoms with E-state index in [1.807, 2.05) is 24.5 Å². The molecule has 3 N–H and O–H groups in total. The van der Waals surface area contributed by atoms with Crippen molar-refractivity contribution in [2.75, 3.05) is 17.3 Å². The average Bonchev–Trinajstić information content (AvgIpc) is 2.30. The van der Waals surface area contributed by atoms with E-state index in [1.165, 1.54) is 0 Å². The van der Waals surface area contributed by atoms with E-state index in [0.29, 0.717) is 6.42 Å². The molecule has 0 aliphatic heterocycles. The fourth-order valence-corrected chi connectivity index (χ4v) is 2.39. The summed E-state index contributed by atoms with van der Waals surface area (Å²) in [5.41, 5.74) is 6.55. The summed E-state index contributed by atoms with van der Waals surface area (Å²) in [6.07, 6.45) is 2.69. The summed E-state index contributed by atoms with van der Waals surface area (Å²) in [4.78, 5) is 11.8. The van der Waals surface area contributed by atoms with Crippen LogP contribution in [0, 0.1) is 3.57 Å². The molecule has 0 aliphatic carbocycles. The molecule has 1 amide bonds. The zero-order chi connectivity index (χ0) is 12.8. The Morgan fingerprint density at radius 2 is 2.35 bits per heavy atom. The number of thioether (sulfide) groups is 1. The fraction of sp³-hybridized carbons (Fsp3) is 0.364. The third-order valence-electron chi connectivity index (χ3n) is 2.16. The van der Waals surface area contributed by atoms with Crippen LogP contribution in [0.4, 0.5) is 5.69 Å². The lowest BCUT2D eigenvalue weighted by Crippen LogP contribution is -2.36. The van der Waals surface area contributed by atoms with E-state index in [1.54, 1.807) is 11.8 Å². The smallest absolute Gasteiger partial charge is 0.241 e. The van der Waals surface area contributed by atoms with Crippen LogP contribution in [-0.4, -0.2) is 24.0 Å². The number of nitrogens with one attached hydrogen (secondary N) is 1. The minimum atomic E-state index is -0.444. The van der Waals surface area contributed by atoms with Gasteiger partial charge in [0.2, 0.25) is 5.91 Å². The van der Waals surface area contributed by atoms with Crippen molar-refractivity contribution < 1.29 is 4.79 Å². The lowest BCUT2D eigenvalue weighted by atomic mass is 10.2. The molecule has 0 heterocycles.